The number of hydrogen-bond donors (Lipinski definition) is 1. The first-order valence-corrected chi connectivity index (χ1v) is 4.99. The van der Waals surface area contributed by atoms with E-state index in [-0.39, 0.29) is 24.4 Å². The first kappa shape index (κ1) is 10.7. The Hall–Kier alpha value is -0.410. The minimum Gasteiger partial charge on any atom is -0.396 e. The number of rotatable bonds is 4. The van der Waals surface area contributed by atoms with E-state index in [2.05, 4.69) is 0 Å². The molecule has 0 aromatic rings. The van der Waals surface area contributed by atoms with Crippen molar-refractivity contribution in [2.24, 2.45) is 5.92 Å². The molecule has 13 heavy (non-hydrogen) atoms. The van der Waals surface area contributed by atoms with Gasteiger partial charge in [0.05, 0.1) is 6.61 Å². The van der Waals surface area contributed by atoms with Crippen LogP contribution in [0.25, 0.3) is 0 Å². The normalized spacial score (nSPS) is 26.0. The van der Waals surface area contributed by atoms with Crippen LogP contribution in [0.15, 0.2) is 0 Å². The van der Waals surface area contributed by atoms with E-state index in [4.69, 9.17) is 9.84 Å². The average Bonchev–Trinajstić information content (AvgIpc) is 2.16. The van der Waals surface area contributed by atoms with Crippen LogP contribution in [0.5, 0.6) is 0 Å². The van der Waals surface area contributed by atoms with Crippen molar-refractivity contribution in [1.29, 1.82) is 0 Å². The maximum absolute atomic E-state index is 11.3. The van der Waals surface area contributed by atoms with Gasteiger partial charge in [0.1, 0.15) is 6.10 Å². The Bertz CT molecular complexity index is 168. The molecule has 0 radical (unpaired) electrons. The summed E-state index contributed by atoms with van der Waals surface area (Å²) in [6.45, 7) is 2.53. The first-order chi connectivity index (χ1) is 6.24. The Morgan fingerprint density at radius 2 is 2.38 bits per heavy atom. The van der Waals surface area contributed by atoms with Crippen LogP contribution >= 0.6 is 0 Å². The van der Waals surface area contributed by atoms with Crippen molar-refractivity contribution >= 4 is 5.78 Å². The summed E-state index contributed by atoms with van der Waals surface area (Å²) in [6, 6.07) is 0. The molecule has 0 aromatic carbocycles. The SMILES string of the molecule is CC(CO)COC1CCCCC1=O. The summed E-state index contributed by atoms with van der Waals surface area (Å²) in [5, 5.41) is 8.77. The molecule has 0 bridgehead atoms. The highest BCUT2D eigenvalue weighted by molar-refractivity contribution is 5.83. The van der Waals surface area contributed by atoms with E-state index >= 15 is 0 Å². The van der Waals surface area contributed by atoms with Gasteiger partial charge in [0.15, 0.2) is 5.78 Å². The zero-order valence-corrected chi connectivity index (χ0v) is 8.16. The second kappa shape index (κ2) is 5.35. The topological polar surface area (TPSA) is 46.5 Å². The zero-order valence-electron chi connectivity index (χ0n) is 8.16. The minimum absolute atomic E-state index is 0.126. The summed E-state index contributed by atoms with van der Waals surface area (Å²) in [7, 11) is 0. The summed E-state index contributed by atoms with van der Waals surface area (Å²) in [5.41, 5.74) is 0. The Labute approximate surface area is 79.1 Å². The maximum atomic E-state index is 11.3. The summed E-state index contributed by atoms with van der Waals surface area (Å²) in [6.07, 6.45) is 3.43. The summed E-state index contributed by atoms with van der Waals surface area (Å²) in [4.78, 5) is 11.3. The second-order valence-corrected chi connectivity index (χ2v) is 3.82. The molecule has 1 rings (SSSR count). The number of Topliss-reactive ketones (excluding diaryl/α,β-unsaturated/α-hetero) is 1. The number of aliphatic hydroxyl groups excluding tert-OH is 1. The lowest BCUT2D eigenvalue weighted by atomic mass is 9.96. The van der Waals surface area contributed by atoms with Gasteiger partial charge in [-0.25, -0.2) is 0 Å². The quantitative estimate of drug-likeness (QED) is 0.716. The number of carbonyl (C=O) groups is 1. The van der Waals surface area contributed by atoms with Gasteiger partial charge in [0.2, 0.25) is 0 Å². The number of ether oxygens (including phenoxy) is 1. The number of carbonyl (C=O) groups excluding carboxylic acids is 1. The van der Waals surface area contributed by atoms with E-state index in [1.165, 1.54) is 0 Å². The fourth-order valence-electron chi connectivity index (χ4n) is 1.46. The fourth-order valence-corrected chi connectivity index (χ4v) is 1.46. The van der Waals surface area contributed by atoms with Gasteiger partial charge in [0.25, 0.3) is 0 Å². The third-order valence-electron chi connectivity index (χ3n) is 2.39. The summed E-state index contributed by atoms with van der Waals surface area (Å²) >= 11 is 0. The second-order valence-electron chi connectivity index (χ2n) is 3.82. The van der Waals surface area contributed by atoms with Gasteiger partial charge in [-0.15, -0.1) is 0 Å². The van der Waals surface area contributed by atoms with Crippen LogP contribution in [0.4, 0.5) is 0 Å². The van der Waals surface area contributed by atoms with Crippen molar-refractivity contribution in [1.82, 2.24) is 0 Å². The van der Waals surface area contributed by atoms with E-state index in [1.54, 1.807) is 0 Å². The van der Waals surface area contributed by atoms with E-state index in [1.807, 2.05) is 6.92 Å². The molecule has 0 saturated heterocycles. The van der Waals surface area contributed by atoms with Crippen molar-refractivity contribution < 1.29 is 14.6 Å². The molecule has 0 aliphatic heterocycles. The first-order valence-electron chi connectivity index (χ1n) is 4.99. The molecule has 3 heteroatoms. The van der Waals surface area contributed by atoms with E-state index in [0.29, 0.717) is 13.0 Å². The standard InChI is InChI=1S/C10H18O3/c1-8(6-11)7-13-10-5-3-2-4-9(10)12/h8,10-11H,2-7H2,1H3. The third kappa shape index (κ3) is 3.44. The third-order valence-corrected chi connectivity index (χ3v) is 2.39. The van der Waals surface area contributed by atoms with Gasteiger partial charge >= 0.3 is 0 Å². The molecule has 2 atom stereocenters. The van der Waals surface area contributed by atoms with Crippen LogP contribution in [-0.4, -0.2) is 30.2 Å². The van der Waals surface area contributed by atoms with Crippen LogP contribution in [0.1, 0.15) is 32.6 Å². The van der Waals surface area contributed by atoms with Crippen LogP contribution in [0.3, 0.4) is 0 Å². The number of ketones is 1. The Kier molecular flexibility index (Phi) is 4.39. The van der Waals surface area contributed by atoms with Gasteiger partial charge in [-0.2, -0.15) is 0 Å². The molecular formula is C10H18O3. The average molecular weight is 186 g/mol. The minimum atomic E-state index is -0.192. The lowest BCUT2D eigenvalue weighted by Gasteiger charge is -2.22. The Balaban J connectivity index is 2.22. The Morgan fingerprint density at radius 1 is 1.62 bits per heavy atom. The molecule has 0 aromatic heterocycles. The highest BCUT2D eigenvalue weighted by Gasteiger charge is 2.22. The molecule has 1 aliphatic carbocycles. The van der Waals surface area contributed by atoms with Crippen LogP contribution in [0, 0.1) is 5.92 Å². The van der Waals surface area contributed by atoms with E-state index in [0.717, 1.165) is 19.3 Å². The van der Waals surface area contributed by atoms with Crippen LogP contribution in [0.2, 0.25) is 0 Å². The van der Waals surface area contributed by atoms with Gasteiger partial charge in [-0.3, -0.25) is 4.79 Å². The Morgan fingerprint density at radius 3 is 3.00 bits per heavy atom. The fraction of sp³-hybridized carbons (Fsp3) is 0.900. The van der Waals surface area contributed by atoms with Crippen molar-refractivity contribution in [2.75, 3.05) is 13.2 Å². The maximum Gasteiger partial charge on any atom is 0.161 e. The monoisotopic (exact) mass is 186 g/mol. The smallest absolute Gasteiger partial charge is 0.161 e. The van der Waals surface area contributed by atoms with Crippen LogP contribution in [-0.2, 0) is 9.53 Å². The molecule has 1 fully saturated rings. The van der Waals surface area contributed by atoms with Gasteiger partial charge in [-0.05, 0) is 19.3 Å². The van der Waals surface area contributed by atoms with Gasteiger partial charge < -0.3 is 9.84 Å². The molecular weight excluding hydrogens is 168 g/mol. The van der Waals surface area contributed by atoms with Crippen molar-refractivity contribution in [3.63, 3.8) is 0 Å². The molecule has 2 unspecified atom stereocenters. The molecule has 3 nitrogen and oxygen atoms in total. The zero-order chi connectivity index (χ0) is 9.68. The highest BCUT2D eigenvalue weighted by atomic mass is 16.5. The molecule has 76 valence electrons. The molecule has 0 heterocycles. The van der Waals surface area contributed by atoms with E-state index < -0.39 is 0 Å². The lowest BCUT2D eigenvalue weighted by Crippen LogP contribution is -2.29. The van der Waals surface area contributed by atoms with Crippen molar-refractivity contribution in [3.05, 3.63) is 0 Å². The van der Waals surface area contributed by atoms with Crippen molar-refractivity contribution in [3.8, 4) is 0 Å². The van der Waals surface area contributed by atoms with Crippen LogP contribution < -0.4 is 0 Å². The highest BCUT2D eigenvalue weighted by Crippen LogP contribution is 2.17. The molecule has 0 amide bonds. The number of hydrogen-bond acceptors (Lipinski definition) is 3. The molecule has 1 aliphatic rings. The van der Waals surface area contributed by atoms with Gasteiger partial charge in [-0.1, -0.05) is 6.92 Å². The largest absolute Gasteiger partial charge is 0.396 e. The predicted octanol–water partition coefficient (Wildman–Crippen LogP) is 1.14. The molecule has 1 saturated carbocycles. The number of aliphatic hydroxyl groups is 1. The molecule has 1 N–H and O–H groups in total. The summed E-state index contributed by atoms with van der Waals surface area (Å²) in [5.74, 6) is 0.367. The van der Waals surface area contributed by atoms with E-state index in [9.17, 15) is 4.79 Å². The molecule has 0 spiro atoms. The summed E-state index contributed by atoms with van der Waals surface area (Å²) < 4.78 is 5.44. The predicted molar refractivity (Wildman–Crippen MR) is 49.5 cm³/mol. The lowest BCUT2D eigenvalue weighted by molar-refractivity contribution is -0.134. The van der Waals surface area contributed by atoms with Gasteiger partial charge in [0, 0.05) is 18.9 Å². The van der Waals surface area contributed by atoms with Crippen molar-refractivity contribution in [2.45, 2.75) is 38.7 Å².